The van der Waals surface area contributed by atoms with E-state index >= 15 is 0 Å². The number of nitrogens with zero attached hydrogens (tertiary/aromatic N) is 4. The van der Waals surface area contributed by atoms with Gasteiger partial charge in [0, 0.05) is 25.5 Å². The van der Waals surface area contributed by atoms with Crippen LogP contribution in [0.25, 0.3) is 0 Å². The lowest BCUT2D eigenvalue weighted by atomic mass is 9.96. The first-order chi connectivity index (χ1) is 13.2. The molecule has 2 aliphatic heterocycles. The van der Waals surface area contributed by atoms with Crippen molar-refractivity contribution in [2.24, 2.45) is 0 Å². The first kappa shape index (κ1) is 18.1. The average Bonchev–Trinajstić information content (AvgIpc) is 3.22. The molecule has 6 nitrogen and oxygen atoms in total. The van der Waals surface area contributed by atoms with Crippen molar-refractivity contribution < 1.29 is 9.53 Å². The Morgan fingerprint density at radius 3 is 2.52 bits per heavy atom. The van der Waals surface area contributed by atoms with Crippen LogP contribution < -0.4 is 0 Å². The molecule has 3 heterocycles. The number of aromatic nitrogens is 2. The van der Waals surface area contributed by atoms with Crippen LogP contribution >= 0.6 is 0 Å². The number of hydrogen-bond acceptors (Lipinski definition) is 5. The Labute approximate surface area is 160 Å². The molecule has 6 heteroatoms. The number of aryl methyl sites for hydroxylation is 1. The van der Waals surface area contributed by atoms with Crippen LogP contribution in [-0.4, -0.2) is 64.6 Å². The lowest BCUT2D eigenvalue weighted by Crippen LogP contribution is -2.51. The van der Waals surface area contributed by atoms with Crippen molar-refractivity contribution in [1.29, 1.82) is 0 Å². The minimum absolute atomic E-state index is 0.0291. The molecule has 0 bridgehead atoms. The van der Waals surface area contributed by atoms with Gasteiger partial charge in [0.25, 0.3) is 5.91 Å². The number of rotatable bonds is 4. The van der Waals surface area contributed by atoms with Crippen molar-refractivity contribution in [2.75, 3.05) is 32.8 Å². The Kier molecular flexibility index (Phi) is 5.45. The zero-order valence-electron chi connectivity index (χ0n) is 15.8. The molecule has 0 radical (unpaired) electrons. The van der Waals surface area contributed by atoms with Gasteiger partial charge in [0.15, 0.2) is 0 Å². The number of ether oxygens (including phenoxy) is 1. The van der Waals surface area contributed by atoms with Crippen LogP contribution in [-0.2, 0) is 4.74 Å². The van der Waals surface area contributed by atoms with E-state index in [1.54, 1.807) is 12.4 Å². The number of likely N-dealkylation sites (tertiary alicyclic amines) is 1. The quantitative estimate of drug-likeness (QED) is 0.832. The van der Waals surface area contributed by atoms with Gasteiger partial charge in [-0.3, -0.25) is 4.79 Å². The van der Waals surface area contributed by atoms with Gasteiger partial charge in [0.05, 0.1) is 24.3 Å². The highest BCUT2D eigenvalue weighted by Gasteiger charge is 2.38. The van der Waals surface area contributed by atoms with Gasteiger partial charge in [-0.25, -0.2) is 9.97 Å². The van der Waals surface area contributed by atoms with E-state index in [4.69, 9.17) is 4.74 Å². The molecule has 2 fully saturated rings. The van der Waals surface area contributed by atoms with Gasteiger partial charge in [0.2, 0.25) is 0 Å². The Hall–Kier alpha value is -2.31. The van der Waals surface area contributed by atoms with E-state index in [0.717, 1.165) is 25.2 Å². The molecule has 142 valence electrons. The summed E-state index contributed by atoms with van der Waals surface area (Å²) in [6.45, 7) is 6.03. The Morgan fingerprint density at radius 2 is 1.81 bits per heavy atom. The first-order valence-corrected chi connectivity index (χ1v) is 9.71. The SMILES string of the molecule is Cc1ncc(C(=O)N2CCO[C@@H](CN3CCCC3)[C@@H]2c2ccccc2)cn1. The van der Waals surface area contributed by atoms with E-state index in [1.165, 1.54) is 12.8 Å². The van der Waals surface area contributed by atoms with Crippen LogP contribution in [0.5, 0.6) is 0 Å². The molecule has 2 aliphatic rings. The monoisotopic (exact) mass is 366 g/mol. The summed E-state index contributed by atoms with van der Waals surface area (Å²) in [4.78, 5) is 26.0. The lowest BCUT2D eigenvalue weighted by Gasteiger charge is -2.42. The fourth-order valence-corrected chi connectivity index (χ4v) is 4.05. The first-order valence-electron chi connectivity index (χ1n) is 9.71. The highest BCUT2D eigenvalue weighted by atomic mass is 16.5. The maximum absolute atomic E-state index is 13.3. The van der Waals surface area contributed by atoms with Crippen molar-refractivity contribution in [2.45, 2.75) is 31.9 Å². The van der Waals surface area contributed by atoms with Gasteiger partial charge in [-0.2, -0.15) is 0 Å². The van der Waals surface area contributed by atoms with E-state index in [-0.39, 0.29) is 18.1 Å². The molecule has 0 aliphatic carbocycles. The normalized spacial score (nSPS) is 23.5. The van der Waals surface area contributed by atoms with Crippen molar-refractivity contribution in [3.05, 3.63) is 59.7 Å². The average molecular weight is 366 g/mol. The summed E-state index contributed by atoms with van der Waals surface area (Å²) in [6, 6.07) is 10.1. The molecule has 0 unspecified atom stereocenters. The molecule has 27 heavy (non-hydrogen) atoms. The van der Waals surface area contributed by atoms with Crippen LogP contribution in [0.4, 0.5) is 0 Å². The van der Waals surface area contributed by atoms with Crippen LogP contribution in [0.1, 0.15) is 40.6 Å². The van der Waals surface area contributed by atoms with Crippen molar-refractivity contribution in [1.82, 2.24) is 19.8 Å². The molecule has 0 spiro atoms. The van der Waals surface area contributed by atoms with Gasteiger partial charge < -0.3 is 14.5 Å². The fraction of sp³-hybridized carbons (Fsp3) is 0.476. The Morgan fingerprint density at radius 1 is 1.11 bits per heavy atom. The van der Waals surface area contributed by atoms with Crippen molar-refractivity contribution >= 4 is 5.91 Å². The summed E-state index contributed by atoms with van der Waals surface area (Å²) in [5.41, 5.74) is 1.64. The zero-order valence-corrected chi connectivity index (χ0v) is 15.8. The molecule has 1 aromatic carbocycles. The van der Waals surface area contributed by atoms with E-state index in [1.807, 2.05) is 30.0 Å². The van der Waals surface area contributed by atoms with E-state index in [9.17, 15) is 4.79 Å². The lowest BCUT2D eigenvalue weighted by molar-refractivity contribution is -0.0707. The second-order valence-electron chi connectivity index (χ2n) is 7.29. The minimum Gasteiger partial charge on any atom is -0.373 e. The van der Waals surface area contributed by atoms with Gasteiger partial charge >= 0.3 is 0 Å². The van der Waals surface area contributed by atoms with Gasteiger partial charge in [0.1, 0.15) is 5.82 Å². The largest absolute Gasteiger partial charge is 0.373 e. The number of amides is 1. The van der Waals surface area contributed by atoms with E-state index < -0.39 is 0 Å². The molecular weight excluding hydrogens is 340 g/mol. The summed E-state index contributed by atoms with van der Waals surface area (Å²) in [5, 5.41) is 0. The standard InChI is InChI=1S/C21H26N4O2/c1-16-22-13-18(14-23-16)21(26)25-11-12-27-19(15-24-9-5-6-10-24)20(25)17-7-3-2-4-8-17/h2-4,7-8,13-14,19-20H,5-6,9-12,15H2,1H3/t19-,20-/m0/s1. The van der Waals surface area contributed by atoms with Crippen LogP contribution in [0.15, 0.2) is 42.7 Å². The highest BCUT2D eigenvalue weighted by Crippen LogP contribution is 2.32. The molecule has 0 saturated carbocycles. The number of carbonyl (C=O) groups excluding carboxylic acids is 1. The van der Waals surface area contributed by atoms with Crippen LogP contribution in [0.2, 0.25) is 0 Å². The Balaban J connectivity index is 1.63. The molecule has 2 saturated heterocycles. The Bertz CT molecular complexity index is 760. The van der Waals surface area contributed by atoms with Crippen molar-refractivity contribution in [3.8, 4) is 0 Å². The zero-order chi connectivity index (χ0) is 18.6. The van der Waals surface area contributed by atoms with Crippen LogP contribution in [0, 0.1) is 6.92 Å². The molecule has 2 atom stereocenters. The third kappa shape index (κ3) is 4.01. The van der Waals surface area contributed by atoms with Gasteiger partial charge in [-0.05, 0) is 38.4 Å². The summed E-state index contributed by atoms with van der Waals surface area (Å²) in [7, 11) is 0. The summed E-state index contributed by atoms with van der Waals surface area (Å²) in [5.74, 6) is 0.638. The van der Waals surface area contributed by atoms with E-state index in [0.29, 0.717) is 24.5 Å². The topological polar surface area (TPSA) is 58.6 Å². The molecule has 1 aromatic heterocycles. The van der Waals surface area contributed by atoms with Crippen LogP contribution in [0.3, 0.4) is 0 Å². The fourth-order valence-electron chi connectivity index (χ4n) is 4.05. The maximum Gasteiger partial charge on any atom is 0.257 e. The second kappa shape index (κ2) is 8.15. The van der Waals surface area contributed by atoms with Gasteiger partial charge in [-0.15, -0.1) is 0 Å². The third-order valence-electron chi connectivity index (χ3n) is 5.42. The smallest absolute Gasteiger partial charge is 0.257 e. The molecule has 2 aromatic rings. The summed E-state index contributed by atoms with van der Waals surface area (Å²) >= 11 is 0. The molecule has 4 rings (SSSR count). The number of carbonyl (C=O) groups is 1. The number of morpholine rings is 1. The predicted octanol–water partition coefficient (Wildman–Crippen LogP) is 2.46. The van der Waals surface area contributed by atoms with Gasteiger partial charge in [-0.1, -0.05) is 30.3 Å². The minimum atomic E-state index is -0.102. The summed E-state index contributed by atoms with van der Waals surface area (Å²) < 4.78 is 6.18. The third-order valence-corrected chi connectivity index (χ3v) is 5.42. The number of hydrogen-bond donors (Lipinski definition) is 0. The molecule has 1 amide bonds. The molecular formula is C21H26N4O2. The second-order valence-corrected chi connectivity index (χ2v) is 7.29. The predicted molar refractivity (Wildman–Crippen MR) is 102 cm³/mol. The van der Waals surface area contributed by atoms with E-state index in [2.05, 4.69) is 27.0 Å². The molecule has 0 N–H and O–H groups in total. The maximum atomic E-state index is 13.3. The summed E-state index contributed by atoms with van der Waals surface area (Å²) in [6.07, 6.45) is 5.70. The van der Waals surface area contributed by atoms with Crippen molar-refractivity contribution in [3.63, 3.8) is 0 Å². The highest BCUT2D eigenvalue weighted by molar-refractivity contribution is 5.94. The number of benzene rings is 1.